The van der Waals surface area contributed by atoms with Crippen molar-refractivity contribution >= 4 is 17.3 Å². The lowest BCUT2D eigenvalue weighted by molar-refractivity contribution is 0.0910. The number of nitrogen functional groups attached to an aromatic ring is 1. The lowest BCUT2D eigenvalue weighted by Gasteiger charge is -2.41. The summed E-state index contributed by atoms with van der Waals surface area (Å²) in [6.45, 7) is 7.85. The molecule has 2 rings (SSSR count). The summed E-state index contributed by atoms with van der Waals surface area (Å²) >= 11 is 6.25. The van der Waals surface area contributed by atoms with Crippen molar-refractivity contribution in [2.24, 2.45) is 5.41 Å². The van der Waals surface area contributed by atoms with Crippen molar-refractivity contribution in [3.05, 3.63) is 28.8 Å². The third-order valence-corrected chi connectivity index (χ3v) is 5.31. The van der Waals surface area contributed by atoms with E-state index in [-0.39, 0.29) is 0 Å². The van der Waals surface area contributed by atoms with Crippen LogP contribution in [0, 0.1) is 5.41 Å². The van der Waals surface area contributed by atoms with Gasteiger partial charge in [-0.2, -0.15) is 0 Å². The van der Waals surface area contributed by atoms with Crippen molar-refractivity contribution in [1.29, 1.82) is 0 Å². The normalized spacial score (nSPS) is 19.5. The first kappa shape index (κ1) is 14.7. The van der Waals surface area contributed by atoms with Crippen LogP contribution in [-0.4, -0.2) is 18.0 Å². The van der Waals surface area contributed by atoms with Gasteiger partial charge in [0.2, 0.25) is 0 Å². The highest BCUT2D eigenvalue weighted by atomic mass is 35.5. The minimum atomic E-state index is 0.572. The van der Waals surface area contributed by atoms with Gasteiger partial charge in [0.1, 0.15) is 0 Å². The Balaban J connectivity index is 2.00. The number of piperidine rings is 1. The number of rotatable bonds is 4. The quantitative estimate of drug-likeness (QED) is 0.832. The molecule has 0 atom stereocenters. The molecule has 1 aromatic carbocycles. The number of nitrogens with two attached hydrogens (primary N) is 1. The van der Waals surface area contributed by atoms with Gasteiger partial charge >= 0.3 is 0 Å². The van der Waals surface area contributed by atoms with Gasteiger partial charge in [-0.3, -0.25) is 4.90 Å². The Hall–Kier alpha value is -0.730. The molecule has 2 nitrogen and oxygen atoms in total. The Morgan fingerprint density at radius 2 is 1.84 bits per heavy atom. The summed E-state index contributed by atoms with van der Waals surface area (Å²) in [5.74, 6) is 0. The van der Waals surface area contributed by atoms with Crippen molar-refractivity contribution in [3.63, 3.8) is 0 Å². The van der Waals surface area contributed by atoms with Crippen molar-refractivity contribution in [3.8, 4) is 0 Å². The van der Waals surface area contributed by atoms with E-state index < -0.39 is 0 Å². The molecule has 19 heavy (non-hydrogen) atoms. The maximum absolute atomic E-state index is 6.25. The van der Waals surface area contributed by atoms with Crippen LogP contribution in [0.4, 0.5) is 5.69 Å². The molecule has 1 saturated heterocycles. The van der Waals surface area contributed by atoms with E-state index >= 15 is 0 Å². The SMILES string of the molecule is CCC1(CC)CCN(Cc2c(N)cccc2Cl)CC1. The Morgan fingerprint density at radius 3 is 2.37 bits per heavy atom. The van der Waals surface area contributed by atoms with Gasteiger partial charge in [0.15, 0.2) is 0 Å². The maximum atomic E-state index is 6.25. The zero-order valence-corrected chi connectivity index (χ0v) is 12.8. The minimum Gasteiger partial charge on any atom is -0.398 e. The van der Waals surface area contributed by atoms with Gasteiger partial charge in [0.25, 0.3) is 0 Å². The van der Waals surface area contributed by atoms with Gasteiger partial charge in [-0.05, 0) is 43.5 Å². The summed E-state index contributed by atoms with van der Waals surface area (Å²) < 4.78 is 0. The van der Waals surface area contributed by atoms with Crippen LogP contribution in [0.15, 0.2) is 18.2 Å². The monoisotopic (exact) mass is 280 g/mol. The molecule has 0 aliphatic carbocycles. The van der Waals surface area contributed by atoms with Crippen LogP contribution in [0.25, 0.3) is 0 Å². The van der Waals surface area contributed by atoms with E-state index in [1.807, 2.05) is 18.2 Å². The first-order chi connectivity index (χ1) is 9.10. The average Bonchev–Trinajstić information content (AvgIpc) is 2.44. The van der Waals surface area contributed by atoms with E-state index in [2.05, 4.69) is 18.7 Å². The largest absolute Gasteiger partial charge is 0.398 e. The van der Waals surface area contributed by atoms with E-state index in [4.69, 9.17) is 17.3 Å². The number of benzene rings is 1. The molecule has 0 aromatic heterocycles. The lowest BCUT2D eigenvalue weighted by Crippen LogP contribution is -2.39. The Morgan fingerprint density at radius 1 is 1.21 bits per heavy atom. The predicted molar refractivity (Wildman–Crippen MR) is 83.4 cm³/mol. The van der Waals surface area contributed by atoms with Crippen molar-refractivity contribution in [1.82, 2.24) is 4.90 Å². The van der Waals surface area contributed by atoms with Crippen molar-refractivity contribution in [2.75, 3.05) is 18.8 Å². The molecule has 0 bridgehead atoms. The number of likely N-dealkylation sites (tertiary alicyclic amines) is 1. The Bertz CT molecular complexity index is 397. The first-order valence-corrected chi connectivity index (χ1v) is 7.73. The molecular formula is C16H25ClN2. The van der Waals surface area contributed by atoms with Gasteiger partial charge in [0, 0.05) is 22.8 Å². The van der Waals surface area contributed by atoms with Crippen LogP contribution in [0.5, 0.6) is 0 Å². The molecule has 0 unspecified atom stereocenters. The van der Waals surface area contributed by atoms with E-state index in [0.29, 0.717) is 5.41 Å². The summed E-state index contributed by atoms with van der Waals surface area (Å²) in [6.07, 6.45) is 5.19. The molecule has 2 N–H and O–H groups in total. The third-order valence-electron chi connectivity index (χ3n) is 4.95. The average molecular weight is 281 g/mol. The first-order valence-electron chi connectivity index (χ1n) is 7.35. The molecular weight excluding hydrogens is 256 g/mol. The summed E-state index contributed by atoms with van der Waals surface area (Å²) in [6, 6.07) is 5.78. The molecule has 106 valence electrons. The number of hydrogen-bond acceptors (Lipinski definition) is 2. The van der Waals surface area contributed by atoms with Crippen LogP contribution < -0.4 is 5.73 Å². The zero-order chi connectivity index (χ0) is 13.9. The smallest absolute Gasteiger partial charge is 0.0471 e. The van der Waals surface area contributed by atoms with Crippen molar-refractivity contribution in [2.45, 2.75) is 46.1 Å². The predicted octanol–water partition coefficient (Wildman–Crippen LogP) is 4.32. The Labute approximate surface area is 121 Å². The fourth-order valence-corrected chi connectivity index (χ4v) is 3.35. The van der Waals surface area contributed by atoms with Gasteiger partial charge in [-0.15, -0.1) is 0 Å². The molecule has 1 heterocycles. The lowest BCUT2D eigenvalue weighted by atomic mass is 9.74. The second kappa shape index (κ2) is 6.15. The second-order valence-electron chi connectivity index (χ2n) is 5.79. The number of anilines is 1. The molecule has 0 amide bonds. The van der Waals surface area contributed by atoms with Gasteiger partial charge in [0.05, 0.1) is 0 Å². The molecule has 1 aromatic rings. The standard InChI is InChI=1S/C16H25ClN2/c1-3-16(4-2)8-10-19(11-9-16)12-13-14(17)6-5-7-15(13)18/h5-7H,3-4,8-12,18H2,1-2H3. The van der Waals surface area contributed by atoms with Crippen LogP contribution in [0.3, 0.4) is 0 Å². The second-order valence-corrected chi connectivity index (χ2v) is 6.20. The third kappa shape index (κ3) is 3.24. The van der Waals surface area contributed by atoms with Crippen LogP contribution in [0.1, 0.15) is 45.1 Å². The number of hydrogen-bond donors (Lipinski definition) is 1. The van der Waals surface area contributed by atoms with Crippen LogP contribution in [-0.2, 0) is 6.54 Å². The van der Waals surface area contributed by atoms with E-state index in [1.165, 1.54) is 25.7 Å². The van der Waals surface area contributed by atoms with Gasteiger partial charge in [-0.1, -0.05) is 44.4 Å². The highest BCUT2D eigenvalue weighted by molar-refractivity contribution is 6.31. The molecule has 1 fully saturated rings. The highest BCUT2D eigenvalue weighted by Crippen LogP contribution is 2.38. The van der Waals surface area contributed by atoms with Crippen LogP contribution in [0.2, 0.25) is 5.02 Å². The zero-order valence-electron chi connectivity index (χ0n) is 12.1. The summed E-state index contributed by atoms with van der Waals surface area (Å²) in [7, 11) is 0. The topological polar surface area (TPSA) is 29.3 Å². The number of nitrogens with zero attached hydrogens (tertiary/aromatic N) is 1. The molecule has 0 saturated carbocycles. The van der Waals surface area contributed by atoms with Crippen molar-refractivity contribution < 1.29 is 0 Å². The van der Waals surface area contributed by atoms with Crippen LogP contribution >= 0.6 is 11.6 Å². The summed E-state index contributed by atoms with van der Waals surface area (Å²) in [5, 5.41) is 0.794. The maximum Gasteiger partial charge on any atom is 0.0471 e. The fourth-order valence-electron chi connectivity index (χ4n) is 3.11. The number of halogens is 1. The summed E-state index contributed by atoms with van der Waals surface area (Å²) in [5.41, 5.74) is 8.51. The fraction of sp³-hybridized carbons (Fsp3) is 0.625. The van der Waals surface area contributed by atoms with E-state index in [9.17, 15) is 0 Å². The molecule has 1 aliphatic rings. The van der Waals surface area contributed by atoms with Gasteiger partial charge < -0.3 is 5.73 Å². The minimum absolute atomic E-state index is 0.572. The molecule has 3 heteroatoms. The van der Waals surface area contributed by atoms with E-state index in [0.717, 1.165) is 35.9 Å². The summed E-state index contributed by atoms with van der Waals surface area (Å²) in [4.78, 5) is 2.49. The highest BCUT2D eigenvalue weighted by Gasteiger charge is 2.31. The molecule has 0 radical (unpaired) electrons. The molecule has 1 aliphatic heterocycles. The van der Waals surface area contributed by atoms with E-state index in [1.54, 1.807) is 0 Å². The molecule has 0 spiro atoms. The van der Waals surface area contributed by atoms with Gasteiger partial charge in [-0.25, -0.2) is 0 Å². The Kier molecular flexibility index (Phi) is 4.75.